The number of hydrogen-bond donors (Lipinski definition) is 0. The molecule has 3 rings (SSSR count). The fourth-order valence-electron chi connectivity index (χ4n) is 2.03. The van der Waals surface area contributed by atoms with Crippen LogP contribution >= 0.6 is 11.8 Å². The summed E-state index contributed by atoms with van der Waals surface area (Å²) in [5, 5.41) is 13.5. The van der Waals surface area contributed by atoms with Crippen molar-refractivity contribution in [2.75, 3.05) is 0 Å². The van der Waals surface area contributed by atoms with Gasteiger partial charge in [-0.3, -0.25) is 9.25 Å². The molecule has 0 spiro atoms. The lowest BCUT2D eigenvalue weighted by molar-refractivity contribution is 0.744. The highest BCUT2D eigenvalue weighted by molar-refractivity contribution is 7.98. The van der Waals surface area contributed by atoms with Crippen LogP contribution in [0.1, 0.15) is 11.4 Å². The molecule has 102 valence electrons. The molecular formula is C14H15N5S. The summed E-state index contributed by atoms with van der Waals surface area (Å²) in [6, 6.07) is 10.2. The van der Waals surface area contributed by atoms with Crippen molar-refractivity contribution >= 4 is 11.8 Å². The molecule has 2 heterocycles. The Bertz CT molecular complexity index is 702. The highest BCUT2D eigenvalue weighted by atomic mass is 32.2. The molecule has 0 unspecified atom stereocenters. The first-order chi connectivity index (χ1) is 9.75. The maximum Gasteiger partial charge on any atom is 0.197 e. The number of hydrogen-bond acceptors (Lipinski definition) is 4. The first-order valence-electron chi connectivity index (χ1n) is 6.34. The Morgan fingerprint density at radius 3 is 2.70 bits per heavy atom. The summed E-state index contributed by atoms with van der Waals surface area (Å²) in [4.78, 5) is 0. The number of aromatic nitrogens is 5. The van der Waals surface area contributed by atoms with Crippen LogP contribution in [0.25, 0.3) is 5.69 Å². The molecule has 5 nitrogen and oxygen atoms in total. The Labute approximate surface area is 121 Å². The second-order valence-corrected chi connectivity index (χ2v) is 5.38. The van der Waals surface area contributed by atoms with Crippen molar-refractivity contribution in [2.45, 2.75) is 24.9 Å². The monoisotopic (exact) mass is 285 g/mol. The third kappa shape index (κ3) is 2.46. The number of aryl methyl sites for hydroxylation is 2. The molecule has 0 amide bonds. The van der Waals surface area contributed by atoms with Crippen LogP contribution in [0.5, 0.6) is 0 Å². The Morgan fingerprint density at radius 2 is 1.95 bits per heavy atom. The molecule has 3 aromatic rings. The Hall–Kier alpha value is -2.08. The molecule has 2 aromatic heterocycles. The zero-order chi connectivity index (χ0) is 13.9. The van der Waals surface area contributed by atoms with E-state index in [4.69, 9.17) is 0 Å². The minimum atomic E-state index is 0.719. The van der Waals surface area contributed by atoms with Crippen molar-refractivity contribution in [3.63, 3.8) is 0 Å². The third-order valence-corrected chi connectivity index (χ3v) is 3.95. The first-order valence-corrected chi connectivity index (χ1v) is 7.32. The van der Waals surface area contributed by atoms with Gasteiger partial charge in [0.25, 0.3) is 0 Å². The zero-order valence-corrected chi connectivity index (χ0v) is 12.2. The van der Waals surface area contributed by atoms with Crippen molar-refractivity contribution in [3.05, 3.63) is 54.1 Å². The number of thioether (sulfide) groups is 1. The van der Waals surface area contributed by atoms with E-state index in [1.807, 2.05) is 36.0 Å². The highest BCUT2D eigenvalue weighted by Gasteiger charge is 2.12. The second-order valence-electron chi connectivity index (χ2n) is 4.47. The van der Waals surface area contributed by atoms with Crippen molar-refractivity contribution in [1.29, 1.82) is 0 Å². The number of nitrogens with zero attached hydrogens (tertiary/aromatic N) is 5. The average Bonchev–Trinajstić information content (AvgIpc) is 3.07. The minimum absolute atomic E-state index is 0.719. The molecule has 0 saturated heterocycles. The van der Waals surface area contributed by atoms with E-state index in [1.54, 1.807) is 18.0 Å². The second kappa shape index (κ2) is 5.50. The maximum atomic E-state index is 4.27. The van der Waals surface area contributed by atoms with Crippen molar-refractivity contribution in [1.82, 2.24) is 24.5 Å². The van der Waals surface area contributed by atoms with E-state index < -0.39 is 0 Å². The van der Waals surface area contributed by atoms with Gasteiger partial charge < -0.3 is 0 Å². The van der Waals surface area contributed by atoms with Crippen molar-refractivity contribution < 1.29 is 0 Å². The largest absolute Gasteiger partial charge is 0.274 e. The van der Waals surface area contributed by atoms with Crippen LogP contribution in [-0.4, -0.2) is 24.5 Å². The zero-order valence-electron chi connectivity index (χ0n) is 11.4. The number of rotatable bonds is 4. The van der Waals surface area contributed by atoms with Crippen LogP contribution in [0.15, 0.2) is 47.9 Å². The van der Waals surface area contributed by atoms with Gasteiger partial charge in [-0.25, -0.2) is 0 Å². The molecule has 0 aliphatic carbocycles. The molecule has 0 radical (unpaired) electrons. The van der Waals surface area contributed by atoms with E-state index in [2.05, 4.69) is 38.9 Å². The SMILES string of the molecule is Cc1ccccc1-n1c(C)nnc1SCn1cccn1. The number of benzene rings is 1. The summed E-state index contributed by atoms with van der Waals surface area (Å²) >= 11 is 1.62. The summed E-state index contributed by atoms with van der Waals surface area (Å²) in [5.74, 6) is 1.61. The molecular weight excluding hydrogens is 270 g/mol. The van der Waals surface area contributed by atoms with E-state index >= 15 is 0 Å². The van der Waals surface area contributed by atoms with Crippen LogP contribution < -0.4 is 0 Å². The molecule has 6 heteroatoms. The van der Waals surface area contributed by atoms with Gasteiger partial charge >= 0.3 is 0 Å². The van der Waals surface area contributed by atoms with Gasteiger partial charge in [-0.1, -0.05) is 30.0 Å². The third-order valence-electron chi connectivity index (χ3n) is 3.04. The summed E-state index contributed by atoms with van der Waals surface area (Å²) in [6.45, 7) is 4.06. The molecule has 0 bridgehead atoms. The maximum absolute atomic E-state index is 4.27. The van der Waals surface area contributed by atoms with Gasteiger partial charge in [0.1, 0.15) is 5.82 Å². The predicted octanol–water partition coefficient (Wildman–Crippen LogP) is 2.83. The summed E-state index contributed by atoms with van der Waals surface area (Å²) in [6.07, 6.45) is 3.71. The standard InChI is InChI=1S/C14H15N5S/c1-11-6-3-4-7-13(11)19-12(2)16-17-14(19)20-10-18-9-5-8-15-18/h3-9H,10H2,1-2H3. The van der Waals surface area contributed by atoms with Crippen LogP contribution in [0.4, 0.5) is 0 Å². The number of para-hydroxylation sites is 1. The van der Waals surface area contributed by atoms with Crippen LogP contribution in [0.2, 0.25) is 0 Å². The van der Waals surface area contributed by atoms with Gasteiger partial charge in [0.2, 0.25) is 0 Å². The molecule has 0 aliphatic heterocycles. The lowest BCUT2D eigenvalue weighted by atomic mass is 10.2. The van der Waals surface area contributed by atoms with E-state index in [0.29, 0.717) is 0 Å². The summed E-state index contributed by atoms with van der Waals surface area (Å²) < 4.78 is 3.96. The van der Waals surface area contributed by atoms with Gasteiger partial charge in [0.05, 0.1) is 11.6 Å². The van der Waals surface area contributed by atoms with Crippen LogP contribution in [0, 0.1) is 13.8 Å². The normalized spacial score (nSPS) is 10.9. The van der Waals surface area contributed by atoms with E-state index in [1.165, 1.54) is 5.56 Å². The van der Waals surface area contributed by atoms with Gasteiger partial charge in [-0.15, -0.1) is 10.2 Å². The molecule has 0 fully saturated rings. The van der Waals surface area contributed by atoms with Crippen LogP contribution in [0.3, 0.4) is 0 Å². The molecule has 1 aromatic carbocycles. The Balaban J connectivity index is 1.92. The lowest BCUT2D eigenvalue weighted by Gasteiger charge is -2.11. The van der Waals surface area contributed by atoms with E-state index in [-0.39, 0.29) is 0 Å². The summed E-state index contributed by atoms with van der Waals surface area (Å²) in [7, 11) is 0. The first kappa shape index (κ1) is 12.9. The van der Waals surface area contributed by atoms with Crippen molar-refractivity contribution in [2.24, 2.45) is 0 Å². The molecule has 0 saturated carbocycles. The molecule has 20 heavy (non-hydrogen) atoms. The molecule has 0 aliphatic rings. The quantitative estimate of drug-likeness (QED) is 0.692. The fraction of sp³-hybridized carbons (Fsp3) is 0.214. The topological polar surface area (TPSA) is 48.5 Å². The van der Waals surface area contributed by atoms with Gasteiger partial charge in [0.15, 0.2) is 5.16 Å². The Morgan fingerprint density at radius 1 is 1.10 bits per heavy atom. The minimum Gasteiger partial charge on any atom is -0.274 e. The van der Waals surface area contributed by atoms with Gasteiger partial charge in [-0.2, -0.15) is 5.10 Å². The van der Waals surface area contributed by atoms with E-state index in [9.17, 15) is 0 Å². The molecule has 0 atom stereocenters. The van der Waals surface area contributed by atoms with Crippen LogP contribution in [-0.2, 0) is 5.88 Å². The highest BCUT2D eigenvalue weighted by Crippen LogP contribution is 2.24. The average molecular weight is 285 g/mol. The van der Waals surface area contributed by atoms with Gasteiger partial charge in [-0.05, 0) is 31.5 Å². The fourth-order valence-corrected chi connectivity index (χ4v) is 2.89. The van der Waals surface area contributed by atoms with Crippen molar-refractivity contribution in [3.8, 4) is 5.69 Å². The summed E-state index contributed by atoms with van der Waals surface area (Å²) in [5.41, 5.74) is 2.33. The van der Waals surface area contributed by atoms with Gasteiger partial charge in [0, 0.05) is 12.4 Å². The van der Waals surface area contributed by atoms with E-state index in [0.717, 1.165) is 22.5 Å². The Kier molecular flexibility index (Phi) is 3.56. The molecule has 0 N–H and O–H groups in total. The lowest BCUT2D eigenvalue weighted by Crippen LogP contribution is -2.02. The predicted molar refractivity (Wildman–Crippen MR) is 78.9 cm³/mol. The smallest absolute Gasteiger partial charge is 0.197 e.